The summed E-state index contributed by atoms with van der Waals surface area (Å²) in [6, 6.07) is 8.00. The molecule has 7 heteroatoms. The third-order valence-corrected chi connectivity index (χ3v) is 8.73. The van der Waals surface area contributed by atoms with Gasteiger partial charge >= 0.3 is 0 Å². The maximum Gasteiger partial charge on any atom is 0.230 e. The van der Waals surface area contributed by atoms with Crippen molar-refractivity contribution < 1.29 is 4.79 Å². The zero-order chi connectivity index (χ0) is 21.9. The molecule has 1 aliphatic heterocycles. The van der Waals surface area contributed by atoms with Crippen molar-refractivity contribution >= 4 is 29.2 Å². The van der Waals surface area contributed by atoms with Crippen molar-refractivity contribution in [2.45, 2.75) is 76.3 Å². The van der Waals surface area contributed by atoms with Crippen molar-refractivity contribution in [3.8, 4) is 0 Å². The lowest BCUT2D eigenvalue weighted by Crippen LogP contribution is -2.58. The lowest BCUT2D eigenvalue weighted by atomic mass is 9.49. The number of nitrogens with one attached hydrogen (secondary N) is 1. The summed E-state index contributed by atoms with van der Waals surface area (Å²) < 4.78 is 0. The molecule has 7 nitrogen and oxygen atoms in total. The second kappa shape index (κ2) is 7.22. The zero-order valence-electron chi connectivity index (χ0n) is 18.7. The van der Waals surface area contributed by atoms with Crippen LogP contribution in [0.1, 0.15) is 70.6 Å². The van der Waals surface area contributed by atoms with Gasteiger partial charge in [0.2, 0.25) is 17.8 Å². The van der Waals surface area contributed by atoms with E-state index in [2.05, 4.69) is 10.3 Å². The lowest BCUT2D eigenvalue weighted by Gasteiger charge is -2.55. The van der Waals surface area contributed by atoms with E-state index in [1.165, 1.54) is 25.7 Å². The Bertz CT molecular complexity index is 957. The second-order valence-corrected chi connectivity index (χ2v) is 11.0. The monoisotopic (exact) mass is 434 g/mol. The van der Waals surface area contributed by atoms with Crippen LogP contribution in [-0.4, -0.2) is 23.5 Å². The van der Waals surface area contributed by atoms with E-state index >= 15 is 0 Å². The minimum atomic E-state index is -0.475. The van der Waals surface area contributed by atoms with Crippen molar-refractivity contribution in [3.05, 3.63) is 24.3 Å². The van der Waals surface area contributed by atoms with E-state index in [9.17, 15) is 4.79 Å². The average molecular weight is 435 g/mol. The highest BCUT2D eigenvalue weighted by Gasteiger charge is 2.54. The van der Waals surface area contributed by atoms with Crippen LogP contribution in [0.3, 0.4) is 0 Å². The topological polar surface area (TPSA) is 109 Å². The van der Waals surface area contributed by atoms with Gasteiger partial charge in [-0.2, -0.15) is 4.99 Å². The third-order valence-electron chi connectivity index (χ3n) is 8.73. The Morgan fingerprint density at radius 3 is 2.31 bits per heavy atom. The van der Waals surface area contributed by atoms with Crippen molar-refractivity contribution in [1.82, 2.24) is 0 Å². The van der Waals surface area contributed by atoms with Gasteiger partial charge in [-0.3, -0.25) is 9.69 Å². The number of aliphatic imine (C=N–C) groups is 2. The van der Waals surface area contributed by atoms with Crippen molar-refractivity contribution in [2.24, 2.45) is 44.6 Å². The Hall–Kier alpha value is -2.57. The minimum absolute atomic E-state index is 0.167. The summed E-state index contributed by atoms with van der Waals surface area (Å²) in [5.41, 5.74) is 13.5. The molecule has 1 amide bonds. The zero-order valence-corrected chi connectivity index (χ0v) is 18.7. The largest absolute Gasteiger partial charge is 0.369 e. The summed E-state index contributed by atoms with van der Waals surface area (Å²) >= 11 is 0. The number of hydrogen-bond acceptors (Lipinski definition) is 6. The Balaban J connectivity index is 1.27. The standard InChI is InChI=1S/C25H34N6O/c26-22-29-23(27)31(25(30-22)7-2-1-3-8-25)20-6-4-5-19(12-20)28-21(32)24-13-16-9-17(14-24)11-18(10-16)15-24/h4-6,12,16-18H,1-3,7-11,13-15H2,(H,28,32)(H4,26,27,29,30). The van der Waals surface area contributed by atoms with Crippen LogP contribution in [0.5, 0.6) is 0 Å². The van der Waals surface area contributed by atoms with Gasteiger partial charge in [-0.05, 0) is 100 Å². The molecule has 1 aromatic rings. The number of rotatable bonds is 3. The molecule has 1 spiro atoms. The molecule has 5 saturated carbocycles. The van der Waals surface area contributed by atoms with Crippen LogP contribution < -0.4 is 21.7 Å². The fourth-order valence-corrected chi connectivity index (χ4v) is 7.87. The molecule has 5 fully saturated rings. The first-order valence-corrected chi connectivity index (χ1v) is 12.4. The predicted octanol–water partition coefficient (Wildman–Crippen LogP) is 3.95. The van der Waals surface area contributed by atoms with Crippen LogP contribution in [0.4, 0.5) is 11.4 Å². The summed E-state index contributed by atoms with van der Waals surface area (Å²) in [7, 11) is 0. The molecule has 5 aliphatic carbocycles. The fourth-order valence-electron chi connectivity index (χ4n) is 7.87. The first-order valence-electron chi connectivity index (χ1n) is 12.4. The smallest absolute Gasteiger partial charge is 0.230 e. The van der Waals surface area contributed by atoms with Gasteiger partial charge in [0, 0.05) is 11.4 Å². The van der Waals surface area contributed by atoms with Crippen LogP contribution in [0.15, 0.2) is 34.3 Å². The summed E-state index contributed by atoms with van der Waals surface area (Å²) in [5, 5.41) is 3.29. The van der Waals surface area contributed by atoms with E-state index in [-0.39, 0.29) is 17.3 Å². The summed E-state index contributed by atoms with van der Waals surface area (Å²) in [4.78, 5) is 24.6. The summed E-state index contributed by atoms with van der Waals surface area (Å²) in [5.74, 6) is 3.09. The molecule has 1 heterocycles. The Labute approximate surface area is 189 Å². The highest BCUT2D eigenvalue weighted by molar-refractivity contribution is 6.06. The van der Waals surface area contributed by atoms with Crippen molar-refractivity contribution in [3.63, 3.8) is 0 Å². The normalized spacial score (nSPS) is 34.9. The van der Waals surface area contributed by atoms with Gasteiger partial charge in [0.1, 0.15) is 5.66 Å². The number of guanidine groups is 2. The summed E-state index contributed by atoms with van der Waals surface area (Å²) in [6.07, 6.45) is 12.4. The Morgan fingerprint density at radius 1 is 1.00 bits per heavy atom. The maximum absolute atomic E-state index is 13.5. The van der Waals surface area contributed by atoms with Gasteiger partial charge in [0.15, 0.2) is 0 Å². The van der Waals surface area contributed by atoms with Crippen LogP contribution >= 0.6 is 0 Å². The molecule has 0 aromatic heterocycles. The molecule has 0 radical (unpaired) electrons. The van der Waals surface area contributed by atoms with Crippen LogP contribution in [-0.2, 0) is 4.79 Å². The van der Waals surface area contributed by atoms with E-state index in [4.69, 9.17) is 16.5 Å². The number of nitrogens with two attached hydrogens (primary N) is 2. The molecule has 0 unspecified atom stereocenters. The van der Waals surface area contributed by atoms with E-state index < -0.39 is 5.66 Å². The van der Waals surface area contributed by atoms with Crippen LogP contribution in [0.2, 0.25) is 0 Å². The van der Waals surface area contributed by atoms with E-state index in [1.807, 2.05) is 29.2 Å². The number of carbonyl (C=O) groups excluding carboxylic acids is 1. The molecular formula is C25H34N6O. The van der Waals surface area contributed by atoms with Gasteiger partial charge in [-0.25, -0.2) is 4.99 Å². The third kappa shape index (κ3) is 3.20. The molecule has 5 N–H and O–H groups in total. The number of nitrogens with zero attached hydrogens (tertiary/aromatic N) is 3. The van der Waals surface area contributed by atoms with Crippen LogP contribution in [0, 0.1) is 23.2 Å². The number of hydrogen-bond donors (Lipinski definition) is 3. The van der Waals surface area contributed by atoms with Gasteiger partial charge in [0.25, 0.3) is 0 Å². The SMILES string of the molecule is NC1=NC2(CCCCC2)N(c2cccc(NC(=O)C34CC5CC(CC(C5)C3)C4)c2)C(N)=N1. The number of amides is 1. The highest BCUT2D eigenvalue weighted by atomic mass is 16.2. The molecule has 170 valence electrons. The quantitative estimate of drug-likeness (QED) is 0.669. The van der Waals surface area contributed by atoms with Gasteiger partial charge in [0.05, 0.1) is 5.41 Å². The Kier molecular flexibility index (Phi) is 4.53. The summed E-state index contributed by atoms with van der Waals surface area (Å²) in [6.45, 7) is 0. The minimum Gasteiger partial charge on any atom is -0.369 e. The van der Waals surface area contributed by atoms with Gasteiger partial charge in [-0.15, -0.1) is 0 Å². The van der Waals surface area contributed by atoms with Crippen molar-refractivity contribution in [2.75, 3.05) is 10.2 Å². The maximum atomic E-state index is 13.5. The van der Waals surface area contributed by atoms with Gasteiger partial charge in [-0.1, -0.05) is 12.5 Å². The molecule has 0 atom stereocenters. The number of benzene rings is 1. The highest BCUT2D eigenvalue weighted by Crippen LogP contribution is 2.60. The number of carbonyl (C=O) groups is 1. The predicted molar refractivity (Wildman–Crippen MR) is 127 cm³/mol. The van der Waals surface area contributed by atoms with Gasteiger partial charge < -0.3 is 16.8 Å². The molecule has 0 saturated heterocycles. The first kappa shape index (κ1) is 20.1. The second-order valence-electron chi connectivity index (χ2n) is 11.0. The first-order chi connectivity index (χ1) is 15.4. The fraction of sp³-hybridized carbons (Fsp3) is 0.640. The van der Waals surface area contributed by atoms with E-state index in [0.717, 1.165) is 74.1 Å². The molecule has 1 aromatic carbocycles. The lowest BCUT2D eigenvalue weighted by molar-refractivity contribution is -0.140. The molecular weight excluding hydrogens is 400 g/mol. The van der Waals surface area contributed by atoms with E-state index in [0.29, 0.717) is 5.96 Å². The molecule has 32 heavy (non-hydrogen) atoms. The van der Waals surface area contributed by atoms with Crippen molar-refractivity contribution in [1.29, 1.82) is 0 Å². The molecule has 6 aliphatic rings. The molecule has 7 rings (SSSR count). The average Bonchev–Trinajstić information content (AvgIpc) is 2.73. The van der Waals surface area contributed by atoms with E-state index in [1.54, 1.807) is 0 Å². The number of anilines is 2. The Morgan fingerprint density at radius 2 is 1.66 bits per heavy atom. The van der Waals surface area contributed by atoms with Crippen LogP contribution in [0.25, 0.3) is 0 Å². The molecule has 4 bridgehead atoms.